The first kappa shape index (κ1) is 17.1. The monoisotopic (exact) mass is 413 g/mol. The van der Waals surface area contributed by atoms with E-state index in [0.717, 1.165) is 33.9 Å². The zero-order chi connectivity index (χ0) is 18.1. The van der Waals surface area contributed by atoms with Crippen LogP contribution < -0.4 is 4.74 Å². The molecule has 1 aliphatic heterocycles. The molecular weight excluding hydrogens is 394 g/mol. The predicted molar refractivity (Wildman–Crippen MR) is 104 cm³/mol. The molecule has 2 aromatic heterocycles. The summed E-state index contributed by atoms with van der Waals surface area (Å²) < 4.78 is 8.86. The summed E-state index contributed by atoms with van der Waals surface area (Å²) in [6.45, 7) is 1.32. The number of hydrogen-bond acceptors (Lipinski definition) is 3. The van der Waals surface area contributed by atoms with E-state index in [4.69, 9.17) is 4.74 Å². The summed E-state index contributed by atoms with van der Waals surface area (Å²) in [6.07, 6.45) is 4.99. The highest BCUT2D eigenvalue weighted by molar-refractivity contribution is 9.10. The van der Waals surface area contributed by atoms with Crippen LogP contribution in [0.3, 0.4) is 0 Å². The second-order valence-corrected chi connectivity index (χ2v) is 7.47. The first-order valence-corrected chi connectivity index (χ1v) is 9.49. The number of halogens is 1. The summed E-state index contributed by atoms with van der Waals surface area (Å²) in [5.41, 5.74) is 2.22. The Morgan fingerprint density at radius 2 is 2.15 bits per heavy atom. The lowest BCUT2D eigenvalue weighted by atomic mass is 10.1. The molecule has 3 heterocycles. The van der Waals surface area contributed by atoms with Gasteiger partial charge in [0.15, 0.2) is 0 Å². The molecule has 0 saturated carbocycles. The van der Waals surface area contributed by atoms with Crippen LogP contribution in [-0.2, 0) is 18.3 Å². The third kappa shape index (κ3) is 3.33. The van der Waals surface area contributed by atoms with Gasteiger partial charge in [0.1, 0.15) is 6.10 Å². The Labute approximate surface area is 160 Å². The van der Waals surface area contributed by atoms with Crippen molar-refractivity contribution in [2.24, 2.45) is 7.05 Å². The van der Waals surface area contributed by atoms with Crippen LogP contribution in [0, 0.1) is 0 Å². The Balaban J connectivity index is 1.42. The number of carbonyl (C=O) groups excluding carboxylic acids is 1. The number of amides is 1. The number of ether oxygens (including phenoxy) is 1. The molecule has 1 aromatic carbocycles. The number of para-hydroxylation sites is 1. The maximum atomic E-state index is 12.8. The molecule has 0 radical (unpaired) electrons. The van der Waals surface area contributed by atoms with Gasteiger partial charge in [-0.2, -0.15) is 0 Å². The highest BCUT2D eigenvalue weighted by Gasteiger charge is 2.28. The number of likely N-dealkylation sites (tertiary alicyclic amines) is 1. The second kappa shape index (κ2) is 7.11. The Morgan fingerprint density at radius 1 is 1.31 bits per heavy atom. The summed E-state index contributed by atoms with van der Waals surface area (Å²) in [5.74, 6) is 0.730. The van der Waals surface area contributed by atoms with E-state index < -0.39 is 0 Å². The number of pyridine rings is 1. The van der Waals surface area contributed by atoms with Crippen LogP contribution in [0.4, 0.5) is 0 Å². The van der Waals surface area contributed by atoms with Gasteiger partial charge in [0.2, 0.25) is 11.8 Å². The van der Waals surface area contributed by atoms with Gasteiger partial charge in [-0.25, -0.2) is 4.98 Å². The minimum atomic E-state index is -0.0160. The number of carbonyl (C=O) groups is 1. The van der Waals surface area contributed by atoms with Crippen molar-refractivity contribution in [2.45, 2.75) is 18.9 Å². The van der Waals surface area contributed by atoms with Gasteiger partial charge in [-0.3, -0.25) is 4.79 Å². The van der Waals surface area contributed by atoms with Gasteiger partial charge < -0.3 is 14.2 Å². The van der Waals surface area contributed by atoms with Gasteiger partial charge in [0.05, 0.1) is 17.4 Å². The van der Waals surface area contributed by atoms with E-state index in [9.17, 15) is 4.79 Å². The van der Waals surface area contributed by atoms with Crippen LogP contribution >= 0.6 is 15.9 Å². The Hall–Kier alpha value is -2.34. The molecule has 0 N–H and O–H groups in total. The van der Waals surface area contributed by atoms with Crippen molar-refractivity contribution in [2.75, 3.05) is 13.1 Å². The van der Waals surface area contributed by atoms with Crippen molar-refractivity contribution < 1.29 is 9.53 Å². The molecule has 0 aliphatic carbocycles. The molecule has 26 heavy (non-hydrogen) atoms. The molecule has 5 nitrogen and oxygen atoms in total. The lowest BCUT2D eigenvalue weighted by molar-refractivity contribution is -0.129. The third-order valence-electron chi connectivity index (χ3n) is 4.82. The van der Waals surface area contributed by atoms with Gasteiger partial charge in [-0.1, -0.05) is 18.2 Å². The smallest absolute Gasteiger partial charge is 0.228 e. The van der Waals surface area contributed by atoms with Gasteiger partial charge in [0, 0.05) is 43.3 Å². The molecule has 1 fully saturated rings. The quantitative estimate of drug-likeness (QED) is 0.656. The summed E-state index contributed by atoms with van der Waals surface area (Å²) in [7, 11) is 2.01. The van der Waals surface area contributed by atoms with Gasteiger partial charge in [-0.15, -0.1) is 0 Å². The maximum absolute atomic E-state index is 12.8. The predicted octanol–water partition coefficient (Wildman–Crippen LogP) is 3.56. The molecular formula is C20H20BrN3O2. The van der Waals surface area contributed by atoms with Crippen molar-refractivity contribution in [3.05, 3.63) is 58.8 Å². The lowest BCUT2D eigenvalue weighted by Crippen LogP contribution is -2.32. The van der Waals surface area contributed by atoms with Gasteiger partial charge in [-0.05, 0) is 39.7 Å². The fourth-order valence-electron chi connectivity index (χ4n) is 3.51. The molecule has 6 heteroatoms. The van der Waals surface area contributed by atoms with E-state index >= 15 is 0 Å². The zero-order valence-electron chi connectivity index (χ0n) is 14.6. The highest BCUT2D eigenvalue weighted by Crippen LogP contribution is 2.25. The van der Waals surface area contributed by atoms with Crippen LogP contribution in [0.1, 0.15) is 12.0 Å². The van der Waals surface area contributed by atoms with Gasteiger partial charge in [0.25, 0.3) is 0 Å². The van der Waals surface area contributed by atoms with E-state index in [1.807, 2.05) is 36.2 Å². The van der Waals surface area contributed by atoms with E-state index in [1.165, 1.54) is 0 Å². The van der Waals surface area contributed by atoms with Crippen LogP contribution in [-0.4, -0.2) is 39.6 Å². The number of nitrogens with zero attached hydrogens (tertiary/aromatic N) is 3. The first-order chi connectivity index (χ1) is 12.6. The van der Waals surface area contributed by atoms with E-state index in [0.29, 0.717) is 18.8 Å². The molecule has 1 unspecified atom stereocenters. The summed E-state index contributed by atoms with van der Waals surface area (Å²) >= 11 is 3.45. The van der Waals surface area contributed by atoms with Crippen molar-refractivity contribution in [3.63, 3.8) is 0 Å². The lowest BCUT2D eigenvalue weighted by Gasteiger charge is -2.17. The van der Waals surface area contributed by atoms with Crippen molar-refractivity contribution >= 4 is 32.7 Å². The zero-order valence-corrected chi connectivity index (χ0v) is 16.1. The number of benzene rings is 1. The summed E-state index contributed by atoms with van der Waals surface area (Å²) in [6, 6.07) is 11.9. The number of rotatable bonds is 4. The fourth-order valence-corrected chi connectivity index (χ4v) is 3.86. The molecule has 1 amide bonds. The van der Waals surface area contributed by atoms with E-state index in [-0.39, 0.29) is 12.0 Å². The van der Waals surface area contributed by atoms with Crippen LogP contribution in [0.5, 0.6) is 5.88 Å². The first-order valence-electron chi connectivity index (χ1n) is 8.69. The van der Waals surface area contributed by atoms with Gasteiger partial charge >= 0.3 is 0 Å². The Bertz CT molecular complexity index is 953. The molecule has 1 saturated heterocycles. The number of aryl methyl sites for hydroxylation is 1. The minimum Gasteiger partial charge on any atom is -0.472 e. The molecule has 1 aliphatic rings. The SMILES string of the molecule is Cn1cc(CC(=O)N2CCC(Oc3ncccc3Br)C2)c2ccccc21. The minimum absolute atomic E-state index is 0.0160. The average Bonchev–Trinajstić information content (AvgIpc) is 3.23. The number of hydrogen-bond donors (Lipinski definition) is 0. The normalized spacial score (nSPS) is 17.0. The number of aromatic nitrogens is 2. The molecule has 1 atom stereocenters. The van der Waals surface area contributed by atoms with Crippen LogP contribution in [0.15, 0.2) is 53.3 Å². The van der Waals surface area contributed by atoms with Crippen molar-refractivity contribution in [1.82, 2.24) is 14.5 Å². The Morgan fingerprint density at radius 3 is 3.00 bits per heavy atom. The van der Waals surface area contributed by atoms with E-state index in [2.05, 4.69) is 43.8 Å². The topological polar surface area (TPSA) is 47.4 Å². The molecule has 4 rings (SSSR count). The largest absolute Gasteiger partial charge is 0.472 e. The molecule has 3 aromatic rings. The molecule has 0 spiro atoms. The standard InChI is InChI=1S/C20H20BrN3O2/c1-23-12-14(16-5-2-3-7-18(16)23)11-19(25)24-10-8-15(13-24)26-20-17(21)6-4-9-22-20/h2-7,9,12,15H,8,10-11,13H2,1H3. The Kier molecular flexibility index (Phi) is 4.68. The molecule has 134 valence electrons. The molecule has 0 bridgehead atoms. The van der Waals surface area contributed by atoms with E-state index in [1.54, 1.807) is 6.20 Å². The van der Waals surface area contributed by atoms with Crippen molar-refractivity contribution in [3.8, 4) is 5.88 Å². The second-order valence-electron chi connectivity index (χ2n) is 6.62. The maximum Gasteiger partial charge on any atom is 0.228 e. The summed E-state index contributed by atoms with van der Waals surface area (Å²) in [4.78, 5) is 18.9. The highest BCUT2D eigenvalue weighted by atomic mass is 79.9. The average molecular weight is 414 g/mol. The third-order valence-corrected chi connectivity index (χ3v) is 5.43. The summed E-state index contributed by atoms with van der Waals surface area (Å²) in [5, 5.41) is 1.15. The number of fused-ring (bicyclic) bond motifs is 1. The van der Waals surface area contributed by atoms with Crippen LogP contribution in [0.2, 0.25) is 0 Å². The van der Waals surface area contributed by atoms with Crippen LogP contribution in [0.25, 0.3) is 10.9 Å². The van der Waals surface area contributed by atoms with Crippen molar-refractivity contribution in [1.29, 1.82) is 0 Å². The fraction of sp³-hybridized carbons (Fsp3) is 0.300.